The predicted molar refractivity (Wildman–Crippen MR) is 105 cm³/mol. The van der Waals surface area contributed by atoms with E-state index in [1.165, 1.54) is 6.08 Å². The van der Waals surface area contributed by atoms with Crippen molar-refractivity contribution in [2.75, 3.05) is 0 Å². The quantitative estimate of drug-likeness (QED) is 0.556. The van der Waals surface area contributed by atoms with Gasteiger partial charge in [-0.25, -0.2) is 14.5 Å². The average Bonchev–Trinajstić information content (AvgIpc) is 2.66. The first-order valence-electron chi connectivity index (χ1n) is 9.42. The second-order valence-corrected chi connectivity index (χ2v) is 9.43. The zero-order valence-corrected chi connectivity index (χ0v) is 18.2. The van der Waals surface area contributed by atoms with Gasteiger partial charge in [-0.05, 0) is 47.5 Å². The summed E-state index contributed by atoms with van der Waals surface area (Å²) >= 11 is 0. The van der Waals surface area contributed by atoms with Gasteiger partial charge in [-0.15, -0.1) is 6.58 Å². The number of carbonyl (C=O) groups is 3. The summed E-state index contributed by atoms with van der Waals surface area (Å²) in [5.41, 5.74) is -3.39. The molecule has 1 saturated heterocycles. The molecule has 8 heteroatoms. The highest BCUT2D eigenvalue weighted by Crippen LogP contribution is 2.37. The summed E-state index contributed by atoms with van der Waals surface area (Å²) in [7, 11) is 0. The van der Waals surface area contributed by atoms with E-state index >= 15 is 0 Å². The highest BCUT2D eigenvalue weighted by atomic mass is 16.6. The number of likely N-dealkylation sites (tertiary alicyclic amines) is 1. The van der Waals surface area contributed by atoms with Crippen molar-refractivity contribution in [3.05, 3.63) is 12.7 Å². The Morgan fingerprint density at radius 3 is 2.11 bits per heavy atom. The van der Waals surface area contributed by atoms with Crippen LogP contribution in [0.25, 0.3) is 0 Å². The number of aliphatic hydroxyl groups excluding tert-OH is 1. The Labute approximate surface area is 167 Å². The molecule has 1 fully saturated rings. The van der Waals surface area contributed by atoms with Gasteiger partial charge in [0.1, 0.15) is 17.3 Å². The third kappa shape index (κ3) is 5.25. The maximum absolute atomic E-state index is 13.3. The minimum absolute atomic E-state index is 0.0746. The van der Waals surface area contributed by atoms with E-state index in [0.717, 1.165) is 4.90 Å². The Kier molecular flexibility index (Phi) is 6.93. The summed E-state index contributed by atoms with van der Waals surface area (Å²) in [5, 5.41) is 13.5. The molecule has 3 atom stereocenters. The van der Waals surface area contributed by atoms with Crippen LogP contribution in [0.4, 0.5) is 9.59 Å². The monoisotopic (exact) mass is 399 g/mol. The Hall–Kier alpha value is -2.09. The summed E-state index contributed by atoms with van der Waals surface area (Å²) < 4.78 is 10.6. The van der Waals surface area contributed by atoms with E-state index in [1.807, 2.05) is 0 Å². The van der Waals surface area contributed by atoms with Crippen molar-refractivity contribution < 1.29 is 29.0 Å². The van der Waals surface area contributed by atoms with Crippen molar-refractivity contribution in [3.8, 4) is 0 Å². The molecule has 0 spiro atoms. The Morgan fingerprint density at radius 2 is 1.71 bits per heavy atom. The summed E-state index contributed by atoms with van der Waals surface area (Å²) in [5.74, 6) is -1.03. The number of amides is 3. The lowest BCUT2D eigenvalue weighted by molar-refractivity contribution is -0.134. The van der Waals surface area contributed by atoms with Crippen LogP contribution in [0.1, 0.15) is 61.8 Å². The lowest BCUT2D eigenvalue weighted by Gasteiger charge is -2.32. The summed E-state index contributed by atoms with van der Waals surface area (Å²) in [6, 6.07) is -0.878. The van der Waals surface area contributed by atoms with Crippen LogP contribution < -0.4 is 5.32 Å². The number of rotatable bonds is 4. The average molecular weight is 399 g/mol. The van der Waals surface area contributed by atoms with Crippen LogP contribution in [0.3, 0.4) is 0 Å². The molecule has 0 saturated carbocycles. The maximum Gasteiger partial charge on any atom is 0.417 e. The van der Waals surface area contributed by atoms with Gasteiger partial charge in [0.2, 0.25) is 0 Å². The zero-order chi connectivity index (χ0) is 22.1. The number of carbonyl (C=O) groups excluding carboxylic acids is 3. The molecule has 2 N–H and O–H groups in total. The van der Waals surface area contributed by atoms with Crippen LogP contribution in [-0.2, 0) is 14.3 Å². The number of nitrogens with zero attached hydrogens (tertiary/aromatic N) is 1. The van der Waals surface area contributed by atoms with E-state index in [2.05, 4.69) is 11.9 Å². The zero-order valence-electron chi connectivity index (χ0n) is 18.2. The van der Waals surface area contributed by atoms with Gasteiger partial charge in [-0.3, -0.25) is 4.79 Å². The first kappa shape index (κ1) is 23.9. The molecule has 0 aromatic carbocycles. The van der Waals surface area contributed by atoms with Crippen molar-refractivity contribution in [2.24, 2.45) is 5.92 Å². The molecular formula is C20H34N2O6. The minimum atomic E-state index is -1.77. The number of ether oxygens (including phenoxy) is 2. The van der Waals surface area contributed by atoms with Gasteiger partial charge < -0.3 is 19.9 Å². The molecule has 1 unspecified atom stereocenters. The van der Waals surface area contributed by atoms with Crippen molar-refractivity contribution in [2.45, 2.75) is 90.7 Å². The Morgan fingerprint density at radius 1 is 1.21 bits per heavy atom. The molecule has 160 valence electrons. The van der Waals surface area contributed by atoms with Crippen LogP contribution >= 0.6 is 0 Å². The van der Waals surface area contributed by atoms with E-state index in [1.54, 1.807) is 55.4 Å². The standard InChI is InChI=1S/C20H34N2O6/c1-10-11-20(21-16(25)27-18(4,5)6)14(23)13(12(2)3)22(15(20)24)17(26)28-19(7,8)9/h10,12-14,23H,1,11H2,2-9H3,(H,21,25)/t13-,14?,20-/m0/s1/i21+1. The van der Waals surface area contributed by atoms with E-state index < -0.39 is 47.0 Å². The number of hydrogen-bond acceptors (Lipinski definition) is 6. The molecule has 1 aliphatic rings. The fourth-order valence-electron chi connectivity index (χ4n) is 3.19. The maximum atomic E-state index is 13.3. The molecule has 0 radical (unpaired) electrons. The van der Waals surface area contributed by atoms with Gasteiger partial charge >= 0.3 is 12.2 Å². The van der Waals surface area contributed by atoms with Gasteiger partial charge in [0.15, 0.2) is 5.54 Å². The van der Waals surface area contributed by atoms with Crippen molar-refractivity contribution >= 4 is 18.1 Å². The highest BCUT2D eigenvalue weighted by Gasteiger charge is 2.62. The number of nitrogens with one attached hydrogen (secondary N) is 1. The number of hydrogen-bond donors (Lipinski definition) is 2. The largest absolute Gasteiger partial charge is 0.444 e. The second-order valence-electron chi connectivity index (χ2n) is 9.43. The first-order valence-corrected chi connectivity index (χ1v) is 9.42. The number of alkyl carbamates (subject to hydrolysis) is 1. The van der Waals surface area contributed by atoms with Crippen molar-refractivity contribution in [1.82, 2.24) is 10.2 Å². The van der Waals surface area contributed by atoms with Crippen molar-refractivity contribution in [3.63, 3.8) is 0 Å². The van der Waals surface area contributed by atoms with E-state index in [0.29, 0.717) is 0 Å². The predicted octanol–water partition coefficient (Wildman–Crippen LogP) is 2.99. The van der Waals surface area contributed by atoms with Gasteiger partial charge in [0, 0.05) is 6.42 Å². The third-order valence-corrected chi connectivity index (χ3v) is 4.19. The second kappa shape index (κ2) is 8.11. The van der Waals surface area contributed by atoms with Crippen LogP contribution in [-0.4, -0.2) is 57.0 Å². The normalized spacial score (nSPS) is 25.6. The fourth-order valence-corrected chi connectivity index (χ4v) is 3.19. The first-order chi connectivity index (χ1) is 12.6. The van der Waals surface area contributed by atoms with Crippen molar-refractivity contribution in [1.29, 1.82) is 0 Å². The number of imide groups is 1. The summed E-state index contributed by atoms with van der Waals surface area (Å²) in [4.78, 5) is 39.4. The fraction of sp³-hybridized carbons (Fsp3) is 0.750. The Balaban J connectivity index is 3.36. The van der Waals surface area contributed by atoms with Crippen LogP contribution in [0.5, 0.6) is 0 Å². The topological polar surface area (TPSA) is 105 Å². The molecule has 8 nitrogen and oxygen atoms in total. The van der Waals surface area contributed by atoms with Gasteiger partial charge in [-0.2, -0.15) is 0 Å². The van der Waals surface area contributed by atoms with E-state index in [9.17, 15) is 19.5 Å². The number of aliphatic hydroxyl groups is 1. The highest BCUT2D eigenvalue weighted by molar-refractivity contribution is 6.03. The molecule has 0 aromatic rings. The smallest absolute Gasteiger partial charge is 0.417 e. The molecule has 3 amide bonds. The molecular weight excluding hydrogens is 365 g/mol. The molecule has 1 aliphatic heterocycles. The molecule has 1 heterocycles. The van der Waals surface area contributed by atoms with E-state index in [-0.39, 0.29) is 12.3 Å². The minimum Gasteiger partial charge on any atom is -0.444 e. The molecule has 0 aromatic heterocycles. The lowest BCUT2D eigenvalue weighted by atomic mass is 9.87. The molecule has 0 aliphatic carbocycles. The van der Waals surface area contributed by atoms with Gasteiger partial charge in [0.05, 0.1) is 6.04 Å². The van der Waals surface area contributed by atoms with Crippen LogP contribution in [0.15, 0.2) is 12.7 Å². The molecule has 28 heavy (non-hydrogen) atoms. The van der Waals surface area contributed by atoms with Crippen LogP contribution in [0, 0.1) is 5.92 Å². The molecule has 1 rings (SSSR count). The SMILES string of the molecule is C=CC[C@@]1([15NH]C(=O)OC(C)(C)C)C(=O)N(C(=O)OC(C)(C)C)[C@@H](C(C)C)C1O. The molecule has 0 bridgehead atoms. The summed E-state index contributed by atoms with van der Waals surface area (Å²) in [6.45, 7) is 17.3. The third-order valence-electron chi connectivity index (χ3n) is 4.19. The lowest BCUT2D eigenvalue weighted by Crippen LogP contribution is -2.60. The van der Waals surface area contributed by atoms with Crippen LogP contribution in [0.2, 0.25) is 0 Å². The van der Waals surface area contributed by atoms with Gasteiger partial charge in [0.25, 0.3) is 5.91 Å². The van der Waals surface area contributed by atoms with E-state index in [4.69, 9.17) is 9.47 Å². The summed E-state index contributed by atoms with van der Waals surface area (Å²) in [6.07, 6.45) is -1.76. The van der Waals surface area contributed by atoms with Gasteiger partial charge in [-0.1, -0.05) is 19.9 Å². The Bertz CT molecular complexity index is 632.